The quantitative estimate of drug-likeness (QED) is 0.876. The Hall–Kier alpha value is -2.00. The Kier molecular flexibility index (Phi) is 3.74. The van der Waals surface area contributed by atoms with E-state index in [9.17, 15) is 0 Å². The minimum absolute atomic E-state index is 0.202. The van der Waals surface area contributed by atoms with E-state index in [1.54, 1.807) is 7.11 Å². The van der Waals surface area contributed by atoms with Gasteiger partial charge in [-0.3, -0.25) is 0 Å². The normalized spacial score (nSPS) is 25.9. The van der Waals surface area contributed by atoms with Crippen molar-refractivity contribution in [3.63, 3.8) is 0 Å². The third kappa shape index (κ3) is 2.49. The second-order valence-corrected chi connectivity index (χ2v) is 6.53. The maximum atomic E-state index is 6.18. The van der Waals surface area contributed by atoms with Crippen LogP contribution in [0.1, 0.15) is 41.7 Å². The van der Waals surface area contributed by atoms with E-state index in [4.69, 9.17) is 9.47 Å². The molecule has 1 saturated heterocycles. The highest BCUT2D eigenvalue weighted by atomic mass is 16.5. The lowest BCUT2D eigenvalue weighted by atomic mass is 9.76. The molecule has 3 heteroatoms. The Balaban J connectivity index is 1.76. The summed E-state index contributed by atoms with van der Waals surface area (Å²) >= 11 is 0. The number of hydrogen-bond donors (Lipinski definition) is 1. The number of methoxy groups -OCH3 is 1. The van der Waals surface area contributed by atoms with Crippen LogP contribution in [0.15, 0.2) is 42.5 Å². The molecular formula is C20H23NO2. The molecule has 120 valence electrons. The second kappa shape index (κ2) is 5.89. The van der Waals surface area contributed by atoms with Crippen molar-refractivity contribution in [2.24, 2.45) is 5.92 Å². The first-order chi connectivity index (χ1) is 11.3. The van der Waals surface area contributed by atoms with Gasteiger partial charge in [0.25, 0.3) is 0 Å². The van der Waals surface area contributed by atoms with E-state index in [-0.39, 0.29) is 6.10 Å². The summed E-state index contributed by atoms with van der Waals surface area (Å²) < 4.78 is 11.5. The third-order valence-electron chi connectivity index (χ3n) is 5.19. The van der Waals surface area contributed by atoms with Gasteiger partial charge in [-0.25, -0.2) is 0 Å². The molecule has 0 bridgehead atoms. The Morgan fingerprint density at radius 2 is 2.00 bits per heavy atom. The Labute approximate surface area is 137 Å². The number of aryl methyl sites for hydroxylation is 1. The standard InChI is InChI=1S/C20H23NO2/c1-13-12-14(22-2)9-10-15(13)19-17-7-5-11-23-20(17)16-6-3-4-8-18(16)21-19/h3-4,6,8-10,12,17,19-21H,5,7,11H2,1-2H3/t17-,19+,20+/m0/s1. The first-order valence-corrected chi connectivity index (χ1v) is 8.39. The minimum atomic E-state index is 0.202. The molecule has 1 N–H and O–H groups in total. The fraction of sp³-hybridized carbons (Fsp3) is 0.400. The highest BCUT2D eigenvalue weighted by Gasteiger charge is 2.39. The van der Waals surface area contributed by atoms with Gasteiger partial charge in [-0.2, -0.15) is 0 Å². The lowest BCUT2D eigenvalue weighted by Gasteiger charge is -2.43. The number of fused-ring (bicyclic) bond motifs is 3. The zero-order chi connectivity index (χ0) is 15.8. The predicted octanol–water partition coefficient (Wildman–Crippen LogP) is 4.64. The van der Waals surface area contributed by atoms with Crippen LogP contribution in [0.25, 0.3) is 0 Å². The fourth-order valence-corrected chi connectivity index (χ4v) is 4.05. The van der Waals surface area contributed by atoms with Crippen molar-refractivity contribution in [3.8, 4) is 5.75 Å². The van der Waals surface area contributed by atoms with Crippen LogP contribution in [-0.2, 0) is 4.74 Å². The number of nitrogens with one attached hydrogen (secondary N) is 1. The largest absolute Gasteiger partial charge is 0.497 e. The number of rotatable bonds is 2. The molecule has 0 aliphatic carbocycles. The molecule has 4 rings (SSSR count). The highest BCUT2D eigenvalue weighted by molar-refractivity contribution is 5.57. The molecule has 3 nitrogen and oxygen atoms in total. The maximum absolute atomic E-state index is 6.18. The zero-order valence-electron chi connectivity index (χ0n) is 13.7. The summed E-state index contributed by atoms with van der Waals surface area (Å²) in [6.45, 7) is 3.03. The Morgan fingerprint density at radius 3 is 2.83 bits per heavy atom. The first kappa shape index (κ1) is 14.6. The van der Waals surface area contributed by atoms with Crippen molar-refractivity contribution < 1.29 is 9.47 Å². The van der Waals surface area contributed by atoms with Crippen molar-refractivity contribution in [1.82, 2.24) is 0 Å². The molecule has 3 atom stereocenters. The topological polar surface area (TPSA) is 30.5 Å². The molecule has 0 aromatic heterocycles. The number of ether oxygens (including phenoxy) is 2. The monoisotopic (exact) mass is 309 g/mol. The number of para-hydroxylation sites is 1. The first-order valence-electron chi connectivity index (χ1n) is 8.39. The second-order valence-electron chi connectivity index (χ2n) is 6.53. The van der Waals surface area contributed by atoms with Gasteiger partial charge in [-0.1, -0.05) is 24.3 Å². The van der Waals surface area contributed by atoms with Crippen LogP contribution >= 0.6 is 0 Å². The maximum Gasteiger partial charge on any atom is 0.119 e. The molecule has 1 fully saturated rings. The van der Waals surface area contributed by atoms with Crippen LogP contribution in [0.5, 0.6) is 5.75 Å². The summed E-state index contributed by atoms with van der Waals surface area (Å²) in [5, 5.41) is 3.77. The van der Waals surface area contributed by atoms with E-state index in [1.165, 1.54) is 28.8 Å². The van der Waals surface area contributed by atoms with Gasteiger partial charge < -0.3 is 14.8 Å². The van der Waals surface area contributed by atoms with Crippen molar-refractivity contribution in [2.75, 3.05) is 19.0 Å². The highest BCUT2D eigenvalue weighted by Crippen LogP contribution is 2.49. The van der Waals surface area contributed by atoms with Gasteiger partial charge in [0.15, 0.2) is 0 Å². The van der Waals surface area contributed by atoms with Crippen LogP contribution in [0.3, 0.4) is 0 Å². The zero-order valence-corrected chi connectivity index (χ0v) is 13.7. The van der Waals surface area contributed by atoms with Gasteiger partial charge >= 0.3 is 0 Å². The summed E-state index contributed by atoms with van der Waals surface area (Å²) in [5.74, 6) is 1.39. The molecule has 0 saturated carbocycles. The molecule has 0 spiro atoms. The lowest BCUT2D eigenvalue weighted by molar-refractivity contribution is -0.0381. The van der Waals surface area contributed by atoms with Gasteiger partial charge in [0.05, 0.1) is 19.3 Å². The molecule has 2 aromatic rings. The molecule has 2 aliphatic rings. The van der Waals surface area contributed by atoms with Gasteiger partial charge in [0.1, 0.15) is 5.75 Å². The number of anilines is 1. The fourth-order valence-electron chi connectivity index (χ4n) is 4.05. The van der Waals surface area contributed by atoms with E-state index >= 15 is 0 Å². The molecule has 0 amide bonds. The van der Waals surface area contributed by atoms with E-state index in [0.29, 0.717) is 12.0 Å². The van der Waals surface area contributed by atoms with E-state index in [2.05, 4.69) is 54.7 Å². The smallest absolute Gasteiger partial charge is 0.119 e. The van der Waals surface area contributed by atoms with Gasteiger partial charge in [-0.15, -0.1) is 0 Å². The minimum Gasteiger partial charge on any atom is -0.497 e. The Morgan fingerprint density at radius 1 is 1.13 bits per heavy atom. The van der Waals surface area contributed by atoms with Crippen LogP contribution < -0.4 is 10.1 Å². The van der Waals surface area contributed by atoms with Crippen LogP contribution in [0, 0.1) is 12.8 Å². The summed E-state index contributed by atoms with van der Waals surface area (Å²) in [6, 6.07) is 15.2. The van der Waals surface area contributed by atoms with Crippen LogP contribution in [0.4, 0.5) is 5.69 Å². The summed E-state index contributed by atoms with van der Waals surface area (Å²) in [7, 11) is 1.72. The van der Waals surface area contributed by atoms with Gasteiger partial charge in [0.2, 0.25) is 0 Å². The molecule has 2 aromatic carbocycles. The van der Waals surface area contributed by atoms with E-state index < -0.39 is 0 Å². The van der Waals surface area contributed by atoms with E-state index in [0.717, 1.165) is 18.8 Å². The lowest BCUT2D eigenvalue weighted by Crippen LogP contribution is -2.36. The van der Waals surface area contributed by atoms with Crippen molar-refractivity contribution in [2.45, 2.75) is 31.9 Å². The average molecular weight is 309 g/mol. The molecule has 23 heavy (non-hydrogen) atoms. The molecule has 0 unspecified atom stereocenters. The predicted molar refractivity (Wildman–Crippen MR) is 92.0 cm³/mol. The van der Waals surface area contributed by atoms with E-state index in [1.807, 2.05) is 0 Å². The van der Waals surface area contributed by atoms with Gasteiger partial charge in [-0.05, 0) is 49.1 Å². The summed E-state index contributed by atoms with van der Waals surface area (Å²) in [5.41, 5.74) is 5.13. The Bertz CT molecular complexity index is 713. The molecule has 0 radical (unpaired) electrons. The van der Waals surface area contributed by atoms with Crippen molar-refractivity contribution in [3.05, 3.63) is 59.2 Å². The average Bonchev–Trinajstić information content (AvgIpc) is 2.61. The number of hydrogen-bond acceptors (Lipinski definition) is 3. The summed E-state index contributed by atoms with van der Waals surface area (Å²) in [6.07, 6.45) is 2.53. The molecular weight excluding hydrogens is 286 g/mol. The van der Waals surface area contributed by atoms with Gasteiger partial charge in [0, 0.05) is 23.8 Å². The molecule has 2 heterocycles. The van der Waals surface area contributed by atoms with Crippen LogP contribution in [0.2, 0.25) is 0 Å². The van der Waals surface area contributed by atoms with Crippen molar-refractivity contribution in [1.29, 1.82) is 0 Å². The van der Waals surface area contributed by atoms with Crippen molar-refractivity contribution >= 4 is 5.69 Å². The molecule has 2 aliphatic heterocycles. The number of benzene rings is 2. The van der Waals surface area contributed by atoms with Crippen LogP contribution in [-0.4, -0.2) is 13.7 Å². The third-order valence-corrected chi connectivity index (χ3v) is 5.19. The summed E-state index contributed by atoms with van der Waals surface area (Å²) in [4.78, 5) is 0. The SMILES string of the molecule is COc1ccc([C@H]2Nc3ccccc3[C@H]3OCCC[C@@H]23)c(C)c1.